The molecule has 0 spiro atoms. The van der Waals surface area contributed by atoms with E-state index in [2.05, 4.69) is 0 Å². The van der Waals surface area contributed by atoms with Gasteiger partial charge in [-0.2, -0.15) is 0 Å². The maximum absolute atomic E-state index is 14.7. The maximum Gasteiger partial charge on any atom is 0.494 e. The van der Waals surface area contributed by atoms with E-state index in [9.17, 15) is 43.9 Å². The number of hydrogen-bond acceptors (Lipinski definition) is 2. The lowest BCUT2D eigenvalue weighted by atomic mass is 9.75. The van der Waals surface area contributed by atoms with Crippen molar-refractivity contribution in [2.24, 2.45) is 0 Å². The van der Waals surface area contributed by atoms with Crippen LogP contribution in [0.5, 0.6) is 0 Å². The Hall–Kier alpha value is -2.80. The molecule has 0 N–H and O–H groups in total. The van der Waals surface area contributed by atoms with Gasteiger partial charge in [-0.3, -0.25) is 0 Å². The Morgan fingerprint density at radius 1 is 0.622 bits per heavy atom. The van der Waals surface area contributed by atoms with Crippen LogP contribution in [0.4, 0.5) is 43.9 Å². The fraction of sp³-hybridized carbons (Fsp3) is 0.333. The smallest absolute Gasteiger partial charge is 0.399 e. The van der Waals surface area contributed by atoms with Gasteiger partial charge in [-0.25, -0.2) is 43.9 Å². The van der Waals surface area contributed by atoms with E-state index in [0.717, 1.165) is 12.1 Å². The highest BCUT2D eigenvalue weighted by Crippen LogP contribution is 2.43. The van der Waals surface area contributed by atoms with Gasteiger partial charge in [0.1, 0.15) is 0 Å². The Balaban J connectivity index is 2.02. The second-order valence-electron chi connectivity index (χ2n) is 9.57. The third-order valence-electron chi connectivity index (χ3n) is 6.70. The van der Waals surface area contributed by atoms with Crippen LogP contribution in [0.3, 0.4) is 0 Å². The van der Waals surface area contributed by atoms with E-state index in [1.165, 1.54) is 0 Å². The minimum Gasteiger partial charge on any atom is -0.399 e. The van der Waals surface area contributed by atoms with Gasteiger partial charge in [0, 0.05) is 5.57 Å². The SMILES string of the molecule is CC1(C)OB(c2cc(C3=C(F)C(F)=C(F)C(F)C3F)cc(-c3c(F)c(F)c(F)c(F)c3F)c2)OC1(C)C. The average molecular weight is 538 g/mol. The number of halogens is 10. The van der Waals surface area contributed by atoms with Crippen molar-refractivity contribution >= 4 is 18.2 Å². The first-order chi connectivity index (χ1) is 17.0. The van der Waals surface area contributed by atoms with Crippen molar-refractivity contribution < 1.29 is 53.2 Å². The Morgan fingerprint density at radius 2 is 1.08 bits per heavy atom. The number of allylic oxidation sites excluding steroid dienone is 4. The monoisotopic (exact) mass is 538 g/mol. The molecule has 0 saturated carbocycles. The average Bonchev–Trinajstić information content (AvgIpc) is 3.05. The normalized spacial score (nSPS) is 23.4. The molecule has 0 aromatic heterocycles. The molecule has 1 saturated heterocycles. The molecule has 2 aromatic rings. The third kappa shape index (κ3) is 4.16. The van der Waals surface area contributed by atoms with Gasteiger partial charge < -0.3 is 9.31 Å². The zero-order valence-corrected chi connectivity index (χ0v) is 19.6. The van der Waals surface area contributed by atoms with Crippen LogP contribution in [0, 0.1) is 29.1 Å². The molecule has 1 aliphatic heterocycles. The number of rotatable bonds is 3. The van der Waals surface area contributed by atoms with Crippen molar-refractivity contribution in [3.63, 3.8) is 0 Å². The summed E-state index contributed by atoms with van der Waals surface area (Å²) in [5.74, 6) is -18.4. The van der Waals surface area contributed by atoms with Crippen LogP contribution in [0.1, 0.15) is 33.3 Å². The van der Waals surface area contributed by atoms with Gasteiger partial charge in [0.25, 0.3) is 0 Å². The summed E-state index contributed by atoms with van der Waals surface area (Å²) in [6.45, 7) is 6.44. The first-order valence-electron chi connectivity index (χ1n) is 10.8. The van der Waals surface area contributed by atoms with E-state index < -0.39 is 99.5 Å². The Bertz CT molecular complexity index is 1320. The molecular weight excluding hydrogens is 521 g/mol. The van der Waals surface area contributed by atoms with E-state index in [4.69, 9.17) is 9.31 Å². The van der Waals surface area contributed by atoms with Gasteiger partial charge in [0.2, 0.25) is 5.82 Å². The summed E-state index contributed by atoms with van der Waals surface area (Å²) in [5, 5.41) is 0. The van der Waals surface area contributed by atoms with Crippen molar-refractivity contribution in [3.8, 4) is 11.1 Å². The number of hydrogen-bond donors (Lipinski definition) is 0. The molecule has 2 aromatic carbocycles. The van der Waals surface area contributed by atoms with Crippen molar-refractivity contribution in [2.75, 3.05) is 0 Å². The van der Waals surface area contributed by atoms with Crippen LogP contribution in [0.2, 0.25) is 0 Å². The van der Waals surface area contributed by atoms with Gasteiger partial charge in [-0.1, -0.05) is 12.1 Å². The van der Waals surface area contributed by atoms with E-state index >= 15 is 0 Å². The molecule has 2 atom stereocenters. The molecule has 0 bridgehead atoms. The second-order valence-corrected chi connectivity index (χ2v) is 9.57. The molecule has 37 heavy (non-hydrogen) atoms. The molecular formula is C24H17BF10O2. The van der Waals surface area contributed by atoms with Crippen LogP contribution >= 0.6 is 0 Å². The molecule has 13 heteroatoms. The topological polar surface area (TPSA) is 18.5 Å². The molecule has 1 aliphatic carbocycles. The fourth-order valence-corrected chi connectivity index (χ4v) is 3.95. The summed E-state index contributed by atoms with van der Waals surface area (Å²) < 4.78 is 153. The highest BCUT2D eigenvalue weighted by molar-refractivity contribution is 6.62. The summed E-state index contributed by atoms with van der Waals surface area (Å²) in [7, 11) is -1.41. The van der Waals surface area contributed by atoms with Crippen molar-refractivity contribution in [2.45, 2.75) is 51.2 Å². The Labute approximate surface area is 204 Å². The number of benzene rings is 2. The fourth-order valence-electron chi connectivity index (χ4n) is 3.95. The standard InChI is InChI=1S/C24H17BF10O2/c1-23(2)24(3,4)37-25(36-23)10-6-8(11-13(26)17(30)21(34)18(31)14(11)27)5-9(7-10)12-15(28)19(32)22(35)20(33)16(12)29/h5-7,13,17H,1-4H3. The molecule has 4 rings (SSSR count). The Morgan fingerprint density at radius 3 is 1.59 bits per heavy atom. The summed E-state index contributed by atoms with van der Waals surface area (Å²) in [6.07, 6.45) is -6.37. The predicted molar refractivity (Wildman–Crippen MR) is 114 cm³/mol. The van der Waals surface area contributed by atoms with Gasteiger partial charge in [-0.05, 0) is 50.4 Å². The van der Waals surface area contributed by atoms with E-state index in [0.29, 0.717) is 6.07 Å². The highest BCUT2D eigenvalue weighted by Gasteiger charge is 2.52. The van der Waals surface area contributed by atoms with E-state index in [1.807, 2.05) is 0 Å². The summed E-state index contributed by atoms with van der Waals surface area (Å²) in [6, 6.07) is 2.32. The Kier molecular flexibility index (Phi) is 6.55. The quantitative estimate of drug-likeness (QED) is 0.184. The van der Waals surface area contributed by atoms with Crippen LogP contribution < -0.4 is 5.46 Å². The zero-order valence-electron chi connectivity index (χ0n) is 19.6. The van der Waals surface area contributed by atoms with Crippen LogP contribution in [0.15, 0.2) is 35.7 Å². The summed E-state index contributed by atoms with van der Waals surface area (Å²) in [4.78, 5) is 0. The van der Waals surface area contributed by atoms with Crippen LogP contribution in [0.25, 0.3) is 16.7 Å². The summed E-state index contributed by atoms with van der Waals surface area (Å²) in [5.41, 5.74) is -6.73. The van der Waals surface area contributed by atoms with Crippen LogP contribution in [-0.4, -0.2) is 30.7 Å². The van der Waals surface area contributed by atoms with Gasteiger partial charge in [-0.15, -0.1) is 0 Å². The van der Waals surface area contributed by atoms with E-state index in [-0.39, 0.29) is 5.46 Å². The molecule has 2 nitrogen and oxygen atoms in total. The molecule has 2 aliphatic rings. The predicted octanol–water partition coefficient (Wildman–Crippen LogP) is 6.87. The van der Waals surface area contributed by atoms with Crippen molar-refractivity contribution in [3.05, 3.63) is 70.3 Å². The maximum atomic E-state index is 14.7. The second kappa shape index (κ2) is 8.90. The lowest BCUT2D eigenvalue weighted by molar-refractivity contribution is 0.00578. The van der Waals surface area contributed by atoms with E-state index in [1.54, 1.807) is 27.7 Å². The molecule has 0 amide bonds. The minimum absolute atomic E-state index is 0.242. The summed E-state index contributed by atoms with van der Waals surface area (Å²) >= 11 is 0. The lowest BCUT2D eigenvalue weighted by Crippen LogP contribution is -2.41. The molecule has 1 fully saturated rings. The van der Waals surface area contributed by atoms with Gasteiger partial charge in [0.05, 0.1) is 16.8 Å². The van der Waals surface area contributed by atoms with Crippen molar-refractivity contribution in [1.29, 1.82) is 0 Å². The zero-order chi connectivity index (χ0) is 27.8. The first kappa shape index (κ1) is 27.2. The molecule has 0 radical (unpaired) electrons. The molecule has 198 valence electrons. The largest absolute Gasteiger partial charge is 0.494 e. The van der Waals surface area contributed by atoms with Gasteiger partial charge >= 0.3 is 7.12 Å². The van der Waals surface area contributed by atoms with Gasteiger partial charge in [0.15, 0.2) is 53.1 Å². The highest BCUT2D eigenvalue weighted by atomic mass is 19.2. The first-order valence-corrected chi connectivity index (χ1v) is 10.8. The van der Waals surface area contributed by atoms with Crippen LogP contribution in [-0.2, 0) is 9.31 Å². The molecule has 2 unspecified atom stereocenters. The third-order valence-corrected chi connectivity index (χ3v) is 6.70. The number of alkyl halides is 2. The lowest BCUT2D eigenvalue weighted by Gasteiger charge is -2.32. The van der Waals surface area contributed by atoms with Crippen molar-refractivity contribution in [1.82, 2.24) is 0 Å². The molecule has 1 heterocycles. The minimum atomic E-state index is -3.26.